The molecule has 8 heteroatoms. The van der Waals surface area contributed by atoms with Gasteiger partial charge in [0.2, 0.25) is 0 Å². The summed E-state index contributed by atoms with van der Waals surface area (Å²) in [6.07, 6.45) is -4.43. The molecule has 2 aromatic carbocycles. The topological polar surface area (TPSA) is 48.9 Å². The van der Waals surface area contributed by atoms with Gasteiger partial charge in [-0.3, -0.25) is 4.99 Å². The summed E-state index contributed by atoms with van der Waals surface area (Å²) in [6, 6.07) is 12.4. The van der Waals surface area contributed by atoms with Crippen LogP contribution in [-0.4, -0.2) is 39.3 Å². The van der Waals surface area contributed by atoms with Crippen LogP contribution in [0.2, 0.25) is 0 Å². The molecular weight excluding hydrogens is 393 g/mol. The molecule has 0 bridgehead atoms. The number of benzene rings is 2. The number of halogens is 3. The van der Waals surface area contributed by atoms with Gasteiger partial charge in [0, 0.05) is 38.9 Å². The number of nitrogens with zero attached hydrogens (tertiary/aromatic N) is 2. The van der Waals surface area contributed by atoms with Crippen molar-refractivity contribution in [3.8, 4) is 0 Å². The Morgan fingerprint density at radius 2 is 1.70 bits per heavy atom. The van der Waals surface area contributed by atoms with E-state index >= 15 is 0 Å². The summed E-state index contributed by atoms with van der Waals surface area (Å²) in [5, 5.41) is 6.15. The van der Waals surface area contributed by atoms with Crippen LogP contribution in [0.3, 0.4) is 0 Å². The number of hydrogen-bond acceptors (Lipinski definition) is 3. The molecule has 0 saturated carbocycles. The van der Waals surface area contributed by atoms with Gasteiger partial charge < -0.3 is 20.3 Å². The van der Waals surface area contributed by atoms with Crippen LogP contribution in [0.4, 0.5) is 18.9 Å². The molecule has 0 atom stereocenters. The zero-order valence-electron chi connectivity index (χ0n) is 17.2. The molecule has 3 rings (SSSR count). The predicted molar refractivity (Wildman–Crippen MR) is 113 cm³/mol. The van der Waals surface area contributed by atoms with Crippen molar-refractivity contribution in [1.82, 2.24) is 10.6 Å². The highest BCUT2D eigenvalue weighted by atomic mass is 19.4. The molecule has 1 fully saturated rings. The number of ether oxygens (including phenoxy) is 1. The third-order valence-corrected chi connectivity index (χ3v) is 5.15. The summed E-state index contributed by atoms with van der Waals surface area (Å²) < 4.78 is 46.4. The van der Waals surface area contributed by atoms with Crippen LogP contribution in [0, 0.1) is 6.92 Å². The van der Waals surface area contributed by atoms with Crippen molar-refractivity contribution in [2.24, 2.45) is 4.99 Å². The van der Waals surface area contributed by atoms with Crippen molar-refractivity contribution in [3.63, 3.8) is 0 Å². The fraction of sp³-hybridized carbons (Fsp3) is 0.409. The maximum absolute atomic E-state index is 13.7. The second-order valence-corrected chi connectivity index (χ2v) is 7.14. The minimum atomic E-state index is -4.43. The number of nitrogens with one attached hydrogen (secondary N) is 2. The van der Waals surface area contributed by atoms with E-state index in [9.17, 15) is 13.2 Å². The van der Waals surface area contributed by atoms with Crippen LogP contribution < -0.4 is 15.5 Å². The van der Waals surface area contributed by atoms with Crippen molar-refractivity contribution < 1.29 is 17.9 Å². The fourth-order valence-electron chi connectivity index (χ4n) is 3.39. The molecule has 30 heavy (non-hydrogen) atoms. The lowest BCUT2D eigenvalue weighted by atomic mass is 10.0. The Bertz CT molecular complexity index is 877. The molecule has 0 spiro atoms. The molecule has 1 aliphatic rings. The SMILES string of the molecule is CN=C(NCc1ccccc1C)NCc1ccc(N2CCOCC2)cc1C(F)(F)F. The maximum Gasteiger partial charge on any atom is 0.416 e. The minimum absolute atomic E-state index is 0.0195. The molecule has 5 nitrogen and oxygen atoms in total. The molecule has 0 radical (unpaired) electrons. The Labute approximate surface area is 174 Å². The van der Waals surface area contributed by atoms with Crippen LogP contribution in [-0.2, 0) is 24.0 Å². The fourth-order valence-corrected chi connectivity index (χ4v) is 3.39. The van der Waals surface area contributed by atoms with E-state index < -0.39 is 11.7 Å². The maximum atomic E-state index is 13.7. The van der Waals surface area contributed by atoms with E-state index in [0.29, 0.717) is 44.5 Å². The lowest BCUT2D eigenvalue weighted by Gasteiger charge is -2.29. The largest absolute Gasteiger partial charge is 0.416 e. The van der Waals surface area contributed by atoms with Crippen LogP contribution in [0.5, 0.6) is 0 Å². The van der Waals surface area contributed by atoms with E-state index in [1.807, 2.05) is 36.1 Å². The second-order valence-electron chi connectivity index (χ2n) is 7.14. The first-order chi connectivity index (χ1) is 14.4. The number of alkyl halides is 3. The molecule has 0 amide bonds. The number of aryl methyl sites for hydroxylation is 1. The zero-order valence-corrected chi connectivity index (χ0v) is 17.2. The lowest BCUT2D eigenvalue weighted by molar-refractivity contribution is -0.138. The quantitative estimate of drug-likeness (QED) is 0.572. The van der Waals surface area contributed by atoms with Gasteiger partial charge in [-0.1, -0.05) is 30.3 Å². The molecule has 1 heterocycles. The summed E-state index contributed by atoms with van der Waals surface area (Å²) in [6.45, 7) is 4.79. The van der Waals surface area contributed by atoms with Gasteiger partial charge in [0.15, 0.2) is 5.96 Å². The molecular formula is C22H27F3N4O. The van der Waals surface area contributed by atoms with Crippen molar-refractivity contribution in [3.05, 3.63) is 64.7 Å². The molecule has 2 aromatic rings. The molecule has 0 unspecified atom stereocenters. The predicted octanol–water partition coefficient (Wildman–Crippen LogP) is 3.72. The monoisotopic (exact) mass is 420 g/mol. The first kappa shape index (κ1) is 22.0. The first-order valence-electron chi connectivity index (χ1n) is 9.90. The number of aliphatic imine (C=N–C) groups is 1. The van der Waals surface area contributed by atoms with Gasteiger partial charge in [0.1, 0.15) is 0 Å². The Morgan fingerprint density at radius 1 is 1.03 bits per heavy atom. The molecule has 162 valence electrons. The van der Waals surface area contributed by atoms with E-state index in [4.69, 9.17) is 4.74 Å². The second kappa shape index (κ2) is 9.84. The average molecular weight is 420 g/mol. The highest BCUT2D eigenvalue weighted by Gasteiger charge is 2.34. The minimum Gasteiger partial charge on any atom is -0.378 e. The van der Waals surface area contributed by atoms with Gasteiger partial charge >= 0.3 is 6.18 Å². The summed E-state index contributed by atoms with van der Waals surface area (Å²) in [5.74, 6) is 0.448. The van der Waals surface area contributed by atoms with Gasteiger partial charge in [0.25, 0.3) is 0 Å². The number of guanidine groups is 1. The summed E-state index contributed by atoms with van der Waals surface area (Å²) in [7, 11) is 1.60. The van der Waals surface area contributed by atoms with E-state index in [2.05, 4.69) is 15.6 Å². The van der Waals surface area contributed by atoms with E-state index in [0.717, 1.165) is 11.1 Å². The number of anilines is 1. The highest BCUT2D eigenvalue weighted by Crippen LogP contribution is 2.35. The molecule has 0 aliphatic carbocycles. The van der Waals surface area contributed by atoms with Crippen LogP contribution in [0.1, 0.15) is 22.3 Å². The van der Waals surface area contributed by atoms with Crippen molar-refractivity contribution >= 4 is 11.6 Å². The van der Waals surface area contributed by atoms with Gasteiger partial charge in [0.05, 0.1) is 18.8 Å². The van der Waals surface area contributed by atoms with Crippen molar-refractivity contribution in [2.45, 2.75) is 26.2 Å². The summed E-state index contributed by atoms with van der Waals surface area (Å²) >= 11 is 0. The number of rotatable bonds is 5. The molecule has 1 aliphatic heterocycles. The standard InChI is InChI=1S/C22H27F3N4O/c1-16-5-3-4-6-17(16)14-27-21(26-2)28-15-18-7-8-19(13-20(18)22(23,24)25)29-9-11-30-12-10-29/h3-8,13H,9-12,14-15H2,1-2H3,(H2,26,27,28). The number of morpholine rings is 1. The Kier molecular flexibility index (Phi) is 7.20. The van der Waals surface area contributed by atoms with Gasteiger partial charge in [-0.25, -0.2) is 0 Å². The van der Waals surface area contributed by atoms with Gasteiger partial charge in [-0.2, -0.15) is 13.2 Å². The normalized spacial score (nSPS) is 15.2. The molecule has 2 N–H and O–H groups in total. The summed E-state index contributed by atoms with van der Waals surface area (Å²) in [4.78, 5) is 6.04. The molecule has 0 aromatic heterocycles. The lowest BCUT2D eigenvalue weighted by Crippen LogP contribution is -2.37. The van der Waals surface area contributed by atoms with Crippen LogP contribution in [0.25, 0.3) is 0 Å². The molecule has 1 saturated heterocycles. The smallest absolute Gasteiger partial charge is 0.378 e. The van der Waals surface area contributed by atoms with E-state index in [1.165, 1.54) is 12.1 Å². The first-order valence-corrected chi connectivity index (χ1v) is 9.90. The van der Waals surface area contributed by atoms with Gasteiger partial charge in [-0.05, 0) is 35.7 Å². The van der Waals surface area contributed by atoms with E-state index in [1.54, 1.807) is 13.1 Å². The Morgan fingerprint density at radius 3 is 2.33 bits per heavy atom. The highest BCUT2D eigenvalue weighted by molar-refractivity contribution is 5.79. The third kappa shape index (κ3) is 5.66. The van der Waals surface area contributed by atoms with Gasteiger partial charge in [-0.15, -0.1) is 0 Å². The zero-order chi connectivity index (χ0) is 21.6. The third-order valence-electron chi connectivity index (χ3n) is 5.15. The van der Waals surface area contributed by atoms with Crippen LogP contribution in [0.15, 0.2) is 47.5 Å². The summed E-state index contributed by atoms with van der Waals surface area (Å²) in [5.41, 5.74) is 2.35. The van der Waals surface area contributed by atoms with E-state index in [-0.39, 0.29) is 12.1 Å². The Hall–Kier alpha value is -2.74. The average Bonchev–Trinajstić information content (AvgIpc) is 2.75. The van der Waals surface area contributed by atoms with Crippen molar-refractivity contribution in [1.29, 1.82) is 0 Å². The van der Waals surface area contributed by atoms with Crippen molar-refractivity contribution in [2.75, 3.05) is 38.3 Å². The van der Waals surface area contributed by atoms with Crippen LogP contribution >= 0.6 is 0 Å². The number of hydrogen-bond donors (Lipinski definition) is 2. The Balaban J connectivity index is 1.69.